The Hall–Kier alpha value is -2.15. The first-order chi connectivity index (χ1) is 9.38. The Morgan fingerprint density at radius 1 is 0.947 bits per heavy atom. The van der Waals surface area contributed by atoms with Crippen molar-refractivity contribution in [3.63, 3.8) is 0 Å². The second-order valence-electron chi connectivity index (χ2n) is 4.95. The maximum absolute atomic E-state index is 11.2. The van der Waals surface area contributed by atoms with Crippen molar-refractivity contribution in [2.75, 3.05) is 0 Å². The molecule has 0 N–H and O–H groups in total. The van der Waals surface area contributed by atoms with E-state index < -0.39 is 0 Å². The van der Waals surface area contributed by atoms with E-state index in [-0.39, 0.29) is 5.92 Å². The minimum absolute atomic E-state index is 0.0594. The summed E-state index contributed by atoms with van der Waals surface area (Å²) in [6.07, 6.45) is 5.20. The van der Waals surface area contributed by atoms with Crippen molar-refractivity contribution in [1.82, 2.24) is 0 Å². The molecule has 19 heavy (non-hydrogen) atoms. The van der Waals surface area contributed by atoms with Crippen LogP contribution in [0.25, 0.3) is 11.6 Å². The van der Waals surface area contributed by atoms with E-state index in [0.717, 1.165) is 19.1 Å². The summed E-state index contributed by atoms with van der Waals surface area (Å²) in [6.45, 7) is 0. The summed E-state index contributed by atoms with van der Waals surface area (Å²) in [6, 6.07) is 18.6. The predicted molar refractivity (Wildman–Crippen MR) is 78.8 cm³/mol. The molecule has 0 saturated heterocycles. The summed E-state index contributed by atoms with van der Waals surface area (Å²) in [5, 5.41) is 0. The van der Waals surface area contributed by atoms with Crippen LogP contribution in [0.2, 0.25) is 0 Å². The minimum atomic E-state index is 0.0594. The van der Waals surface area contributed by atoms with Crippen LogP contribution in [0.15, 0.2) is 54.6 Å². The Kier molecular flexibility index (Phi) is 3.28. The Morgan fingerprint density at radius 2 is 1.68 bits per heavy atom. The number of carbonyl (C=O) groups excluding carboxylic acids is 1. The molecule has 1 heteroatoms. The molecule has 0 aromatic heterocycles. The highest BCUT2D eigenvalue weighted by Crippen LogP contribution is 2.37. The lowest BCUT2D eigenvalue weighted by Crippen LogP contribution is -2.09. The van der Waals surface area contributed by atoms with Crippen LogP contribution in [0.4, 0.5) is 0 Å². The number of benzene rings is 2. The Bertz CT molecular complexity index is 611. The third kappa shape index (κ3) is 2.37. The maximum Gasteiger partial charge on any atom is 0.127 e. The number of fused-ring (bicyclic) bond motifs is 1. The third-order valence-electron chi connectivity index (χ3n) is 3.74. The highest BCUT2D eigenvalue weighted by molar-refractivity contribution is 5.86. The summed E-state index contributed by atoms with van der Waals surface area (Å²) in [5.74, 6) is 0.0594. The zero-order valence-corrected chi connectivity index (χ0v) is 10.8. The molecule has 0 radical (unpaired) electrons. The fourth-order valence-corrected chi connectivity index (χ4v) is 2.76. The van der Waals surface area contributed by atoms with Gasteiger partial charge in [-0.25, -0.2) is 0 Å². The molecule has 1 aliphatic carbocycles. The standard InChI is InChI=1S/C18H16O/c19-13-16-11-10-15(12-14-6-2-1-3-7-14)17-8-4-5-9-18(16)17/h1-9,12-13,16H,10-11H2. The lowest BCUT2D eigenvalue weighted by atomic mass is 9.80. The molecule has 2 aromatic rings. The molecule has 0 saturated carbocycles. The molecule has 0 heterocycles. The van der Waals surface area contributed by atoms with Gasteiger partial charge in [0.2, 0.25) is 0 Å². The van der Waals surface area contributed by atoms with E-state index >= 15 is 0 Å². The van der Waals surface area contributed by atoms with Gasteiger partial charge in [-0.05, 0) is 35.1 Å². The van der Waals surface area contributed by atoms with Crippen LogP contribution in [0.5, 0.6) is 0 Å². The molecule has 0 spiro atoms. The average Bonchev–Trinajstić information content (AvgIpc) is 2.49. The van der Waals surface area contributed by atoms with E-state index in [0.29, 0.717) is 0 Å². The van der Waals surface area contributed by atoms with Gasteiger partial charge in [0.15, 0.2) is 0 Å². The van der Waals surface area contributed by atoms with E-state index in [1.54, 1.807) is 0 Å². The predicted octanol–water partition coefficient (Wildman–Crippen LogP) is 4.30. The van der Waals surface area contributed by atoms with E-state index in [9.17, 15) is 4.79 Å². The molecule has 0 bridgehead atoms. The topological polar surface area (TPSA) is 17.1 Å². The Labute approximate surface area is 113 Å². The van der Waals surface area contributed by atoms with Crippen molar-refractivity contribution < 1.29 is 4.79 Å². The van der Waals surface area contributed by atoms with Gasteiger partial charge in [0.1, 0.15) is 6.29 Å². The Balaban J connectivity index is 2.05. The van der Waals surface area contributed by atoms with E-state index in [1.165, 1.54) is 22.3 Å². The molecule has 0 amide bonds. The molecule has 1 nitrogen and oxygen atoms in total. The minimum Gasteiger partial charge on any atom is -0.303 e. The van der Waals surface area contributed by atoms with Crippen LogP contribution < -0.4 is 0 Å². The van der Waals surface area contributed by atoms with Gasteiger partial charge in [-0.3, -0.25) is 0 Å². The van der Waals surface area contributed by atoms with Gasteiger partial charge in [-0.1, -0.05) is 60.7 Å². The summed E-state index contributed by atoms with van der Waals surface area (Å²) < 4.78 is 0. The van der Waals surface area contributed by atoms with Crippen LogP contribution in [0.1, 0.15) is 35.4 Å². The van der Waals surface area contributed by atoms with E-state index in [2.05, 4.69) is 42.5 Å². The van der Waals surface area contributed by atoms with Crippen molar-refractivity contribution in [3.05, 3.63) is 71.3 Å². The maximum atomic E-state index is 11.2. The van der Waals surface area contributed by atoms with Gasteiger partial charge in [-0.15, -0.1) is 0 Å². The fraction of sp³-hybridized carbons (Fsp3) is 0.167. The smallest absolute Gasteiger partial charge is 0.127 e. The summed E-state index contributed by atoms with van der Waals surface area (Å²) >= 11 is 0. The molecule has 94 valence electrons. The molecule has 1 unspecified atom stereocenters. The second-order valence-corrected chi connectivity index (χ2v) is 4.95. The summed E-state index contributed by atoms with van der Waals surface area (Å²) in [5.41, 5.74) is 4.96. The first-order valence-corrected chi connectivity index (χ1v) is 6.68. The van der Waals surface area contributed by atoms with Crippen molar-refractivity contribution >= 4 is 17.9 Å². The SMILES string of the molecule is O=CC1CCC(=Cc2ccccc2)c2ccccc21. The summed E-state index contributed by atoms with van der Waals surface area (Å²) in [7, 11) is 0. The largest absolute Gasteiger partial charge is 0.303 e. The van der Waals surface area contributed by atoms with Crippen LogP contribution in [-0.4, -0.2) is 6.29 Å². The molecule has 2 aromatic carbocycles. The number of aldehydes is 1. The van der Waals surface area contributed by atoms with Gasteiger partial charge in [-0.2, -0.15) is 0 Å². The van der Waals surface area contributed by atoms with E-state index in [1.807, 2.05) is 18.2 Å². The third-order valence-corrected chi connectivity index (χ3v) is 3.74. The number of rotatable bonds is 2. The van der Waals surface area contributed by atoms with Crippen LogP contribution >= 0.6 is 0 Å². The number of hydrogen-bond donors (Lipinski definition) is 0. The molecule has 0 aliphatic heterocycles. The molecular formula is C18H16O. The Morgan fingerprint density at radius 3 is 2.47 bits per heavy atom. The first kappa shape index (κ1) is 11.9. The lowest BCUT2D eigenvalue weighted by molar-refractivity contribution is -0.109. The van der Waals surface area contributed by atoms with Gasteiger partial charge in [0, 0.05) is 5.92 Å². The zero-order valence-electron chi connectivity index (χ0n) is 10.8. The quantitative estimate of drug-likeness (QED) is 0.724. The normalized spacial score (nSPS) is 20.0. The lowest BCUT2D eigenvalue weighted by Gasteiger charge is -2.23. The monoisotopic (exact) mass is 248 g/mol. The number of carbonyl (C=O) groups is 1. The van der Waals surface area contributed by atoms with Gasteiger partial charge >= 0.3 is 0 Å². The number of hydrogen-bond acceptors (Lipinski definition) is 1. The van der Waals surface area contributed by atoms with Crippen molar-refractivity contribution in [2.45, 2.75) is 18.8 Å². The molecule has 3 rings (SSSR count). The van der Waals surface area contributed by atoms with E-state index in [4.69, 9.17) is 0 Å². The van der Waals surface area contributed by atoms with Gasteiger partial charge < -0.3 is 4.79 Å². The number of allylic oxidation sites excluding steroid dienone is 1. The highest BCUT2D eigenvalue weighted by Gasteiger charge is 2.22. The zero-order chi connectivity index (χ0) is 13.1. The highest BCUT2D eigenvalue weighted by atomic mass is 16.1. The second kappa shape index (κ2) is 5.23. The average molecular weight is 248 g/mol. The summed E-state index contributed by atoms with van der Waals surface area (Å²) in [4.78, 5) is 11.2. The molecule has 1 aliphatic rings. The van der Waals surface area contributed by atoms with Crippen LogP contribution in [0.3, 0.4) is 0 Å². The van der Waals surface area contributed by atoms with Crippen molar-refractivity contribution in [2.24, 2.45) is 0 Å². The van der Waals surface area contributed by atoms with Crippen LogP contribution in [-0.2, 0) is 4.79 Å². The van der Waals surface area contributed by atoms with Gasteiger partial charge in [0.05, 0.1) is 0 Å². The van der Waals surface area contributed by atoms with Crippen molar-refractivity contribution in [3.8, 4) is 0 Å². The van der Waals surface area contributed by atoms with Gasteiger partial charge in [0.25, 0.3) is 0 Å². The first-order valence-electron chi connectivity index (χ1n) is 6.68. The van der Waals surface area contributed by atoms with Crippen molar-refractivity contribution in [1.29, 1.82) is 0 Å². The molecule has 0 fully saturated rings. The fourth-order valence-electron chi connectivity index (χ4n) is 2.76. The molecule has 1 atom stereocenters. The van der Waals surface area contributed by atoms with Crippen LogP contribution in [0, 0.1) is 0 Å². The molecular weight excluding hydrogens is 232 g/mol.